The summed E-state index contributed by atoms with van der Waals surface area (Å²) >= 11 is 0. The van der Waals surface area contributed by atoms with E-state index in [1.165, 1.54) is 24.3 Å². The summed E-state index contributed by atoms with van der Waals surface area (Å²) in [4.78, 5) is 35.1. The van der Waals surface area contributed by atoms with Gasteiger partial charge < -0.3 is 20.7 Å². The Balaban J connectivity index is 1.88. The van der Waals surface area contributed by atoms with E-state index in [1.54, 1.807) is 38.3 Å². The Kier molecular flexibility index (Phi) is 5.25. The van der Waals surface area contributed by atoms with Crippen LogP contribution in [0.25, 0.3) is 0 Å². The Morgan fingerprint density at radius 2 is 1.79 bits per heavy atom. The van der Waals surface area contributed by atoms with Gasteiger partial charge in [-0.05, 0) is 36.8 Å². The summed E-state index contributed by atoms with van der Waals surface area (Å²) in [6.07, 6.45) is 0. The number of amides is 3. The normalized spacial score (nSPS) is 16.1. The summed E-state index contributed by atoms with van der Waals surface area (Å²) in [5, 5.41) is 18.8. The molecule has 0 aliphatic carbocycles. The van der Waals surface area contributed by atoms with Gasteiger partial charge in [-0.15, -0.1) is 0 Å². The van der Waals surface area contributed by atoms with Crippen molar-refractivity contribution in [3.8, 4) is 5.75 Å². The Labute approximate surface area is 160 Å². The number of anilines is 1. The number of ether oxygens (including phenoxy) is 1. The van der Waals surface area contributed by atoms with Gasteiger partial charge in [0.1, 0.15) is 5.75 Å². The summed E-state index contributed by atoms with van der Waals surface area (Å²) in [5.74, 6) is 0.223. The van der Waals surface area contributed by atoms with Crippen LogP contribution < -0.4 is 20.7 Å². The number of nitrogens with zero attached hydrogens (tertiary/aromatic N) is 1. The molecule has 0 saturated carbocycles. The van der Waals surface area contributed by atoms with Gasteiger partial charge in [0.15, 0.2) is 0 Å². The summed E-state index contributed by atoms with van der Waals surface area (Å²) in [6.45, 7) is 1.64. The van der Waals surface area contributed by atoms with Crippen molar-refractivity contribution >= 4 is 23.3 Å². The average Bonchev–Trinajstić information content (AvgIpc) is 2.67. The van der Waals surface area contributed by atoms with Crippen LogP contribution in [-0.2, 0) is 4.79 Å². The SMILES string of the molecule is COc1ccc([C@@H]2NC(=O)NC(C)=C2C(=O)Nc2ccc([N+](=O)[O-])cc2)cc1. The molecule has 0 spiro atoms. The van der Waals surface area contributed by atoms with Crippen LogP contribution in [0.4, 0.5) is 16.2 Å². The van der Waals surface area contributed by atoms with Crippen LogP contribution in [-0.4, -0.2) is 24.0 Å². The second kappa shape index (κ2) is 7.78. The molecule has 0 saturated heterocycles. The second-order valence-corrected chi connectivity index (χ2v) is 6.10. The zero-order valence-electron chi connectivity index (χ0n) is 15.2. The summed E-state index contributed by atoms with van der Waals surface area (Å²) in [6, 6.07) is 11.4. The third kappa shape index (κ3) is 3.93. The van der Waals surface area contributed by atoms with Crippen molar-refractivity contribution < 1.29 is 19.2 Å². The van der Waals surface area contributed by atoms with Crippen LogP contribution in [0.3, 0.4) is 0 Å². The van der Waals surface area contributed by atoms with Gasteiger partial charge in [-0.3, -0.25) is 14.9 Å². The Morgan fingerprint density at radius 3 is 2.36 bits per heavy atom. The van der Waals surface area contributed by atoms with E-state index in [0.29, 0.717) is 28.3 Å². The Morgan fingerprint density at radius 1 is 1.14 bits per heavy atom. The fourth-order valence-corrected chi connectivity index (χ4v) is 2.91. The number of hydrogen-bond donors (Lipinski definition) is 3. The first kappa shape index (κ1) is 18.9. The van der Waals surface area contributed by atoms with Gasteiger partial charge in [-0.2, -0.15) is 0 Å². The van der Waals surface area contributed by atoms with Gasteiger partial charge in [0.05, 0.1) is 23.6 Å². The fourth-order valence-electron chi connectivity index (χ4n) is 2.91. The molecule has 0 unspecified atom stereocenters. The van der Waals surface area contributed by atoms with Gasteiger partial charge in [-0.1, -0.05) is 12.1 Å². The molecule has 0 fully saturated rings. The Bertz CT molecular complexity index is 951. The molecule has 1 aliphatic rings. The van der Waals surface area contributed by atoms with Crippen LogP contribution in [0.1, 0.15) is 18.5 Å². The zero-order valence-corrected chi connectivity index (χ0v) is 15.2. The van der Waals surface area contributed by atoms with Crippen molar-refractivity contribution in [2.75, 3.05) is 12.4 Å². The third-order valence-corrected chi connectivity index (χ3v) is 4.30. The number of allylic oxidation sites excluding steroid dienone is 1. The van der Waals surface area contributed by atoms with Crippen molar-refractivity contribution in [2.45, 2.75) is 13.0 Å². The standard InChI is InChI=1S/C19H18N4O5/c1-11-16(18(24)21-13-5-7-14(8-6-13)23(26)27)17(22-19(25)20-11)12-3-9-15(28-2)10-4-12/h3-10,17H,1-2H3,(H,21,24)(H2,20,22,25)/t17-/m0/s1. The first-order valence-corrected chi connectivity index (χ1v) is 8.37. The van der Waals surface area contributed by atoms with E-state index in [9.17, 15) is 19.7 Å². The Hall–Kier alpha value is -3.88. The first-order valence-electron chi connectivity index (χ1n) is 8.37. The van der Waals surface area contributed by atoms with E-state index in [0.717, 1.165) is 0 Å². The van der Waals surface area contributed by atoms with E-state index >= 15 is 0 Å². The molecule has 0 radical (unpaired) electrons. The summed E-state index contributed by atoms with van der Waals surface area (Å²) < 4.78 is 5.14. The van der Waals surface area contributed by atoms with Crippen LogP contribution in [0.15, 0.2) is 59.8 Å². The predicted octanol–water partition coefficient (Wildman–Crippen LogP) is 2.87. The van der Waals surface area contributed by atoms with Crippen molar-refractivity contribution in [1.82, 2.24) is 10.6 Å². The number of carbonyl (C=O) groups excluding carboxylic acids is 2. The number of rotatable bonds is 5. The highest BCUT2D eigenvalue weighted by Crippen LogP contribution is 2.29. The number of benzene rings is 2. The van der Waals surface area contributed by atoms with Crippen molar-refractivity contribution in [3.63, 3.8) is 0 Å². The van der Waals surface area contributed by atoms with Gasteiger partial charge >= 0.3 is 6.03 Å². The summed E-state index contributed by atoms with van der Waals surface area (Å²) in [7, 11) is 1.55. The molecular weight excluding hydrogens is 364 g/mol. The lowest BCUT2D eigenvalue weighted by atomic mass is 9.94. The lowest BCUT2D eigenvalue weighted by molar-refractivity contribution is -0.384. The predicted molar refractivity (Wildman–Crippen MR) is 102 cm³/mol. The molecule has 1 heterocycles. The molecule has 1 atom stereocenters. The van der Waals surface area contributed by atoms with E-state index < -0.39 is 22.9 Å². The molecule has 3 amide bonds. The number of hydrogen-bond acceptors (Lipinski definition) is 5. The van der Waals surface area contributed by atoms with E-state index in [1.807, 2.05) is 0 Å². The molecule has 3 rings (SSSR count). The topological polar surface area (TPSA) is 123 Å². The minimum absolute atomic E-state index is 0.0731. The minimum atomic E-state index is -0.655. The fraction of sp³-hybridized carbons (Fsp3) is 0.158. The van der Waals surface area contributed by atoms with E-state index in [4.69, 9.17) is 4.74 Å². The maximum Gasteiger partial charge on any atom is 0.319 e. The van der Waals surface area contributed by atoms with Gasteiger partial charge in [0, 0.05) is 23.5 Å². The van der Waals surface area contributed by atoms with Crippen molar-refractivity contribution in [2.24, 2.45) is 0 Å². The number of nitro groups is 1. The quantitative estimate of drug-likeness (QED) is 0.542. The highest BCUT2D eigenvalue weighted by atomic mass is 16.6. The number of carbonyl (C=O) groups is 2. The molecule has 2 aromatic rings. The molecular formula is C19H18N4O5. The van der Waals surface area contributed by atoms with Gasteiger partial charge in [0.2, 0.25) is 0 Å². The van der Waals surface area contributed by atoms with E-state index in [-0.39, 0.29) is 5.69 Å². The number of non-ortho nitro benzene ring substituents is 1. The molecule has 1 aliphatic heterocycles. The highest BCUT2D eigenvalue weighted by Gasteiger charge is 2.31. The largest absolute Gasteiger partial charge is 0.497 e. The van der Waals surface area contributed by atoms with Crippen LogP contribution >= 0.6 is 0 Å². The van der Waals surface area contributed by atoms with Crippen molar-refractivity contribution in [1.29, 1.82) is 0 Å². The molecule has 9 nitrogen and oxygen atoms in total. The van der Waals surface area contributed by atoms with Crippen LogP contribution in [0, 0.1) is 10.1 Å². The molecule has 0 bridgehead atoms. The maximum atomic E-state index is 12.9. The number of nitrogens with one attached hydrogen (secondary N) is 3. The van der Waals surface area contributed by atoms with Gasteiger partial charge in [-0.25, -0.2) is 4.79 Å². The average molecular weight is 382 g/mol. The molecule has 144 valence electrons. The van der Waals surface area contributed by atoms with E-state index in [2.05, 4.69) is 16.0 Å². The second-order valence-electron chi connectivity index (χ2n) is 6.10. The smallest absolute Gasteiger partial charge is 0.319 e. The monoisotopic (exact) mass is 382 g/mol. The molecule has 2 aromatic carbocycles. The maximum absolute atomic E-state index is 12.9. The first-order chi connectivity index (χ1) is 13.4. The summed E-state index contributed by atoms with van der Waals surface area (Å²) in [5.41, 5.74) is 1.80. The number of urea groups is 1. The zero-order chi connectivity index (χ0) is 20.3. The minimum Gasteiger partial charge on any atom is -0.497 e. The number of nitro benzene ring substituents is 1. The molecule has 0 aromatic heterocycles. The number of methoxy groups -OCH3 is 1. The highest BCUT2D eigenvalue weighted by molar-refractivity contribution is 6.06. The third-order valence-electron chi connectivity index (χ3n) is 4.30. The van der Waals surface area contributed by atoms with Crippen LogP contribution in [0.5, 0.6) is 5.75 Å². The lowest BCUT2D eigenvalue weighted by Gasteiger charge is -2.28. The molecule has 9 heteroatoms. The van der Waals surface area contributed by atoms with Crippen LogP contribution in [0.2, 0.25) is 0 Å². The molecule has 28 heavy (non-hydrogen) atoms. The van der Waals surface area contributed by atoms with Crippen molar-refractivity contribution in [3.05, 3.63) is 75.5 Å². The molecule has 3 N–H and O–H groups in total. The van der Waals surface area contributed by atoms with Gasteiger partial charge in [0.25, 0.3) is 11.6 Å². The lowest BCUT2D eigenvalue weighted by Crippen LogP contribution is -2.45.